The van der Waals surface area contributed by atoms with Crippen molar-refractivity contribution in [2.24, 2.45) is 11.8 Å². The van der Waals surface area contributed by atoms with Gasteiger partial charge in [0.05, 0.1) is 28.8 Å². The van der Waals surface area contributed by atoms with Gasteiger partial charge in [0.25, 0.3) is 0 Å². The number of halogens is 1. The van der Waals surface area contributed by atoms with E-state index in [1.165, 1.54) is 12.1 Å². The number of carboxylic acids is 1. The van der Waals surface area contributed by atoms with Gasteiger partial charge in [0.2, 0.25) is 0 Å². The molecule has 0 radical (unpaired) electrons. The van der Waals surface area contributed by atoms with Crippen LogP contribution < -0.4 is 0 Å². The van der Waals surface area contributed by atoms with Crippen molar-refractivity contribution in [3.05, 3.63) is 29.8 Å². The van der Waals surface area contributed by atoms with Gasteiger partial charge in [-0.2, -0.15) is 5.26 Å². The summed E-state index contributed by atoms with van der Waals surface area (Å²) in [6.45, 7) is 0.722. The lowest BCUT2D eigenvalue weighted by Gasteiger charge is -2.26. The summed E-state index contributed by atoms with van der Waals surface area (Å²) in [7, 11) is 0. The van der Waals surface area contributed by atoms with Crippen molar-refractivity contribution in [3.63, 3.8) is 0 Å². The van der Waals surface area contributed by atoms with Crippen LogP contribution in [0.1, 0.15) is 31.2 Å². The number of hydrogen-bond donors (Lipinski definition) is 1. The van der Waals surface area contributed by atoms with Crippen LogP contribution >= 0.6 is 0 Å². The van der Waals surface area contributed by atoms with Gasteiger partial charge >= 0.3 is 5.97 Å². The van der Waals surface area contributed by atoms with Crippen LogP contribution in [-0.2, 0) is 11.3 Å². The second kappa shape index (κ2) is 5.76. The molecular weight excluding hydrogens is 285 g/mol. The first-order valence-electron chi connectivity index (χ1n) is 7.35. The van der Waals surface area contributed by atoms with E-state index in [0.717, 1.165) is 24.9 Å². The largest absolute Gasteiger partial charge is 0.481 e. The minimum absolute atomic E-state index is 0.0174. The van der Waals surface area contributed by atoms with Crippen LogP contribution in [0.15, 0.2) is 18.5 Å². The first-order chi connectivity index (χ1) is 10.6. The Morgan fingerprint density at radius 2 is 2.14 bits per heavy atom. The Kier molecular flexibility index (Phi) is 3.80. The number of carbonyl (C=O) groups is 1. The molecule has 1 aromatic carbocycles. The van der Waals surface area contributed by atoms with Crippen LogP contribution in [-0.4, -0.2) is 20.6 Å². The Labute approximate surface area is 127 Å². The van der Waals surface area contributed by atoms with Crippen molar-refractivity contribution in [3.8, 4) is 6.07 Å². The van der Waals surface area contributed by atoms with Gasteiger partial charge in [-0.15, -0.1) is 0 Å². The summed E-state index contributed by atoms with van der Waals surface area (Å²) in [4.78, 5) is 15.2. The molecule has 22 heavy (non-hydrogen) atoms. The van der Waals surface area contributed by atoms with Gasteiger partial charge in [0.15, 0.2) is 0 Å². The topological polar surface area (TPSA) is 78.9 Å². The number of imidazole rings is 1. The minimum Gasteiger partial charge on any atom is -0.481 e. The van der Waals surface area contributed by atoms with Crippen LogP contribution in [0, 0.1) is 29.0 Å². The highest BCUT2D eigenvalue weighted by molar-refractivity contribution is 5.77. The molecule has 0 bridgehead atoms. The van der Waals surface area contributed by atoms with Crippen molar-refractivity contribution in [2.45, 2.75) is 32.2 Å². The molecule has 3 rings (SSSR count). The van der Waals surface area contributed by atoms with Gasteiger partial charge in [-0.25, -0.2) is 9.37 Å². The normalized spacial score (nSPS) is 21.6. The Morgan fingerprint density at radius 1 is 1.41 bits per heavy atom. The number of hydrogen-bond acceptors (Lipinski definition) is 3. The second-order valence-electron chi connectivity index (χ2n) is 5.89. The van der Waals surface area contributed by atoms with Gasteiger partial charge in [-0.3, -0.25) is 4.79 Å². The number of nitrogens with zero attached hydrogens (tertiary/aromatic N) is 3. The van der Waals surface area contributed by atoms with E-state index in [1.807, 2.05) is 10.6 Å². The first kappa shape index (κ1) is 14.5. The fourth-order valence-electron chi connectivity index (χ4n) is 3.18. The average Bonchev–Trinajstić information content (AvgIpc) is 2.88. The standard InChI is InChI=1S/C16H16FN3O2/c17-13-6-14-15(5-12(13)7-18)20(9-19-14)8-10-1-3-11(4-2-10)16(21)22/h5-6,9-11H,1-4,8H2,(H,21,22)/t10-,11-. The highest BCUT2D eigenvalue weighted by atomic mass is 19.1. The monoisotopic (exact) mass is 301 g/mol. The smallest absolute Gasteiger partial charge is 0.306 e. The average molecular weight is 301 g/mol. The lowest BCUT2D eigenvalue weighted by Crippen LogP contribution is -2.23. The number of aromatic nitrogens is 2. The molecular formula is C16H16FN3O2. The maximum atomic E-state index is 13.6. The molecule has 1 aliphatic carbocycles. The number of carboxylic acid groups (broad SMARTS) is 1. The summed E-state index contributed by atoms with van der Waals surface area (Å²) in [5, 5.41) is 18.0. The number of fused-ring (bicyclic) bond motifs is 1. The first-order valence-corrected chi connectivity index (χ1v) is 7.35. The zero-order valence-corrected chi connectivity index (χ0v) is 12.0. The molecule has 0 unspecified atom stereocenters. The van der Waals surface area contributed by atoms with E-state index in [4.69, 9.17) is 10.4 Å². The molecule has 0 aliphatic heterocycles. The molecule has 0 amide bonds. The third-order valence-corrected chi connectivity index (χ3v) is 4.48. The second-order valence-corrected chi connectivity index (χ2v) is 5.89. The fraction of sp³-hybridized carbons (Fsp3) is 0.438. The molecule has 1 fully saturated rings. The predicted octanol–water partition coefficient (Wildman–Crippen LogP) is 2.94. The van der Waals surface area contributed by atoms with E-state index in [0.29, 0.717) is 24.3 Å². The number of nitriles is 1. The summed E-state index contributed by atoms with van der Waals surface area (Å²) < 4.78 is 15.5. The molecule has 1 heterocycles. The predicted molar refractivity (Wildman–Crippen MR) is 77.5 cm³/mol. The van der Waals surface area contributed by atoms with Crippen molar-refractivity contribution in [1.29, 1.82) is 5.26 Å². The Hall–Kier alpha value is -2.42. The number of aliphatic carboxylic acids is 1. The molecule has 1 N–H and O–H groups in total. The van der Waals surface area contributed by atoms with Crippen molar-refractivity contribution in [1.82, 2.24) is 9.55 Å². The van der Waals surface area contributed by atoms with Gasteiger partial charge in [-0.05, 0) is 37.7 Å². The zero-order chi connectivity index (χ0) is 15.7. The maximum absolute atomic E-state index is 13.6. The zero-order valence-electron chi connectivity index (χ0n) is 12.0. The molecule has 0 atom stereocenters. The van der Waals surface area contributed by atoms with E-state index in [1.54, 1.807) is 6.33 Å². The van der Waals surface area contributed by atoms with Gasteiger partial charge in [0.1, 0.15) is 11.9 Å². The number of benzene rings is 1. The third kappa shape index (κ3) is 2.67. The molecule has 1 saturated carbocycles. The minimum atomic E-state index is -0.708. The lowest BCUT2D eigenvalue weighted by molar-refractivity contribution is -0.143. The molecule has 1 aromatic heterocycles. The van der Waals surface area contributed by atoms with Gasteiger partial charge in [-0.1, -0.05) is 0 Å². The summed E-state index contributed by atoms with van der Waals surface area (Å²) >= 11 is 0. The molecule has 114 valence electrons. The maximum Gasteiger partial charge on any atom is 0.306 e. The van der Waals surface area contributed by atoms with Crippen molar-refractivity contribution >= 4 is 17.0 Å². The van der Waals surface area contributed by atoms with Crippen LogP contribution in [0.2, 0.25) is 0 Å². The molecule has 1 aliphatic rings. The number of rotatable bonds is 3. The molecule has 0 saturated heterocycles. The van der Waals surface area contributed by atoms with E-state index >= 15 is 0 Å². The van der Waals surface area contributed by atoms with Gasteiger partial charge in [0, 0.05) is 12.6 Å². The SMILES string of the molecule is N#Cc1cc2c(cc1F)ncn2C[C@H]1CC[C@H](C(=O)O)CC1. The highest BCUT2D eigenvalue weighted by Gasteiger charge is 2.26. The van der Waals surface area contributed by atoms with E-state index < -0.39 is 11.8 Å². The van der Waals surface area contributed by atoms with E-state index in [9.17, 15) is 9.18 Å². The van der Waals surface area contributed by atoms with Crippen LogP contribution in [0.5, 0.6) is 0 Å². The summed E-state index contributed by atoms with van der Waals surface area (Å²) in [6, 6.07) is 4.66. The highest BCUT2D eigenvalue weighted by Crippen LogP contribution is 2.31. The lowest BCUT2D eigenvalue weighted by atomic mass is 9.82. The summed E-state index contributed by atoms with van der Waals surface area (Å²) in [5.41, 5.74) is 1.30. The Bertz CT molecular complexity index is 755. The van der Waals surface area contributed by atoms with E-state index in [-0.39, 0.29) is 11.5 Å². The van der Waals surface area contributed by atoms with Crippen LogP contribution in [0.4, 0.5) is 4.39 Å². The Morgan fingerprint density at radius 3 is 2.77 bits per heavy atom. The Balaban J connectivity index is 1.78. The summed E-state index contributed by atoms with van der Waals surface area (Å²) in [6.07, 6.45) is 4.79. The van der Waals surface area contributed by atoms with E-state index in [2.05, 4.69) is 4.98 Å². The third-order valence-electron chi connectivity index (χ3n) is 4.48. The fourth-order valence-corrected chi connectivity index (χ4v) is 3.18. The summed E-state index contributed by atoms with van der Waals surface area (Å²) in [5.74, 6) is -1.10. The molecule has 2 aromatic rings. The quantitative estimate of drug-likeness (QED) is 0.945. The molecule has 6 heteroatoms. The van der Waals surface area contributed by atoms with Crippen LogP contribution in [0.25, 0.3) is 11.0 Å². The molecule has 0 spiro atoms. The van der Waals surface area contributed by atoms with Gasteiger partial charge < -0.3 is 9.67 Å². The molecule has 5 nitrogen and oxygen atoms in total. The van der Waals surface area contributed by atoms with Crippen molar-refractivity contribution < 1.29 is 14.3 Å². The van der Waals surface area contributed by atoms with Crippen LogP contribution in [0.3, 0.4) is 0 Å². The van der Waals surface area contributed by atoms with Crippen molar-refractivity contribution in [2.75, 3.05) is 0 Å².